The van der Waals surface area contributed by atoms with Crippen LogP contribution in [0.1, 0.15) is 34.6 Å². The minimum atomic E-state index is -0.540. The number of hydrogen-bond acceptors (Lipinski definition) is 4. The summed E-state index contributed by atoms with van der Waals surface area (Å²) in [6.45, 7) is 4.18. The fraction of sp³-hybridized carbons (Fsp3) is 0.273. The smallest absolute Gasteiger partial charge is 0.277 e. The number of nitrogens with zero attached hydrogens (tertiary/aromatic N) is 2. The molecule has 3 aromatic rings. The first-order valence-electron chi connectivity index (χ1n) is 9.72. The highest BCUT2D eigenvalue weighted by Crippen LogP contribution is 2.29. The molecule has 8 heteroatoms. The van der Waals surface area contributed by atoms with Crippen molar-refractivity contribution in [3.05, 3.63) is 68.8 Å². The Morgan fingerprint density at radius 3 is 2.60 bits per heavy atom. The van der Waals surface area contributed by atoms with Gasteiger partial charge in [0.2, 0.25) is 0 Å². The standard InChI is InChI=1S/C22H22FIN4O2/c1-13-9-14(2)28(26-13)21-11-20(25-17-7-5-16(24)6-8-17)18(10-19(21)23)22(29)27-30-12-15-3-4-15/h5-11,15,25H,3-4,12H2,1-2H3,(H,27,29). The molecule has 4 rings (SSSR count). The van der Waals surface area contributed by atoms with Gasteiger partial charge in [0, 0.05) is 15.0 Å². The second-order valence-corrected chi connectivity index (χ2v) is 8.75. The molecule has 0 saturated heterocycles. The molecule has 156 valence electrons. The number of nitrogens with one attached hydrogen (secondary N) is 2. The lowest BCUT2D eigenvalue weighted by molar-refractivity contribution is 0.0270. The van der Waals surface area contributed by atoms with Crippen molar-refractivity contribution in [1.82, 2.24) is 15.3 Å². The number of aryl methyl sites for hydroxylation is 2. The van der Waals surface area contributed by atoms with Crippen molar-refractivity contribution >= 4 is 39.9 Å². The summed E-state index contributed by atoms with van der Waals surface area (Å²) in [5, 5.41) is 7.60. The van der Waals surface area contributed by atoms with Gasteiger partial charge in [0.05, 0.1) is 23.6 Å². The van der Waals surface area contributed by atoms with Crippen molar-refractivity contribution in [1.29, 1.82) is 0 Å². The normalized spacial score (nSPS) is 13.3. The van der Waals surface area contributed by atoms with Crippen LogP contribution >= 0.6 is 22.6 Å². The lowest BCUT2D eigenvalue weighted by Gasteiger charge is -2.16. The van der Waals surface area contributed by atoms with Crippen LogP contribution in [0, 0.1) is 29.2 Å². The maximum absolute atomic E-state index is 15.0. The minimum absolute atomic E-state index is 0.159. The van der Waals surface area contributed by atoms with Crippen LogP contribution in [0.4, 0.5) is 15.8 Å². The summed E-state index contributed by atoms with van der Waals surface area (Å²) in [5.74, 6) is -0.538. The number of amides is 1. The molecule has 0 aliphatic heterocycles. The Labute approximate surface area is 187 Å². The van der Waals surface area contributed by atoms with E-state index < -0.39 is 11.7 Å². The Morgan fingerprint density at radius 2 is 1.97 bits per heavy atom. The first-order chi connectivity index (χ1) is 14.4. The maximum atomic E-state index is 15.0. The van der Waals surface area contributed by atoms with Crippen molar-refractivity contribution < 1.29 is 14.0 Å². The van der Waals surface area contributed by atoms with E-state index in [0.717, 1.165) is 33.5 Å². The minimum Gasteiger partial charge on any atom is -0.355 e. The summed E-state index contributed by atoms with van der Waals surface area (Å²) < 4.78 is 17.6. The largest absolute Gasteiger partial charge is 0.355 e. The third-order valence-corrected chi connectivity index (χ3v) is 5.59. The van der Waals surface area contributed by atoms with Gasteiger partial charge < -0.3 is 5.32 Å². The zero-order chi connectivity index (χ0) is 21.3. The second kappa shape index (κ2) is 8.73. The molecule has 6 nitrogen and oxygen atoms in total. The van der Waals surface area contributed by atoms with Gasteiger partial charge in [-0.2, -0.15) is 5.10 Å². The van der Waals surface area contributed by atoms with Crippen LogP contribution in [0.5, 0.6) is 0 Å². The molecule has 0 spiro atoms. The lowest BCUT2D eigenvalue weighted by Crippen LogP contribution is -2.26. The second-order valence-electron chi connectivity index (χ2n) is 7.51. The Bertz CT molecular complexity index is 1080. The Kier molecular flexibility index (Phi) is 6.05. The molecule has 1 aliphatic rings. The van der Waals surface area contributed by atoms with Crippen molar-refractivity contribution in [2.75, 3.05) is 11.9 Å². The van der Waals surface area contributed by atoms with Gasteiger partial charge in [0.1, 0.15) is 11.5 Å². The topological polar surface area (TPSA) is 68.2 Å². The molecule has 30 heavy (non-hydrogen) atoms. The average Bonchev–Trinajstić information content (AvgIpc) is 3.47. The summed E-state index contributed by atoms with van der Waals surface area (Å²) >= 11 is 2.22. The molecule has 0 unspecified atom stereocenters. The molecule has 2 aromatic carbocycles. The van der Waals surface area contributed by atoms with Crippen LogP contribution in [-0.4, -0.2) is 22.3 Å². The van der Waals surface area contributed by atoms with Gasteiger partial charge in [-0.05, 0) is 97.7 Å². The predicted molar refractivity (Wildman–Crippen MR) is 122 cm³/mol. The van der Waals surface area contributed by atoms with E-state index in [4.69, 9.17) is 4.84 Å². The summed E-state index contributed by atoms with van der Waals surface area (Å²) in [5.41, 5.74) is 5.71. The molecule has 0 atom stereocenters. The maximum Gasteiger partial charge on any atom is 0.277 e. The van der Waals surface area contributed by atoms with Gasteiger partial charge in [-0.3, -0.25) is 9.63 Å². The zero-order valence-electron chi connectivity index (χ0n) is 16.7. The van der Waals surface area contributed by atoms with Gasteiger partial charge in [-0.15, -0.1) is 0 Å². The highest BCUT2D eigenvalue weighted by molar-refractivity contribution is 14.1. The van der Waals surface area contributed by atoms with Gasteiger partial charge in [-0.25, -0.2) is 14.6 Å². The number of aromatic nitrogens is 2. The molecule has 1 heterocycles. The molecule has 1 amide bonds. The van der Waals surface area contributed by atoms with Gasteiger partial charge in [0.25, 0.3) is 5.91 Å². The number of rotatable bonds is 7. The summed E-state index contributed by atoms with van der Waals surface area (Å²) in [7, 11) is 0. The lowest BCUT2D eigenvalue weighted by atomic mass is 10.1. The molecule has 1 aromatic heterocycles. The molecular formula is C22H22FIN4O2. The Balaban J connectivity index is 1.69. The van der Waals surface area contributed by atoms with Crippen molar-refractivity contribution in [3.8, 4) is 5.69 Å². The fourth-order valence-electron chi connectivity index (χ4n) is 3.14. The molecule has 0 bridgehead atoms. The number of hydroxylamine groups is 1. The monoisotopic (exact) mass is 520 g/mol. The SMILES string of the molecule is Cc1cc(C)n(-c2cc(Nc3ccc(I)cc3)c(C(=O)NOCC3CC3)cc2F)n1. The van der Waals surface area contributed by atoms with E-state index in [1.807, 2.05) is 44.2 Å². The number of benzene rings is 2. The van der Waals surface area contributed by atoms with Gasteiger partial charge >= 0.3 is 0 Å². The zero-order valence-corrected chi connectivity index (χ0v) is 18.9. The van der Waals surface area contributed by atoms with Crippen LogP contribution in [0.15, 0.2) is 42.5 Å². The van der Waals surface area contributed by atoms with E-state index >= 15 is 4.39 Å². The molecule has 2 N–H and O–H groups in total. The van der Waals surface area contributed by atoms with Gasteiger partial charge in [0.15, 0.2) is 0 Å². The number of carbonyl (C=O) groups excluding carboxylic acids is 1. The predicted octanol–water partition coefficient (Wildman–Crippen LogP) is 5.05. The quantitative estimate of drug-likeness (QED) is 0.338. The number of carbonyl (C=O) groups is 1. The molecule has 1 fully saturated rings. The molecule has 0 radical (unpaired) electrons. The van der Waals surface area contributed by atoms with Crippen LogP contribution < -0.4 is 10.8 Å². The average molecular weight is 520 g/mol. The summed E-state index contributed by atoms with van der Waals surface area (Å²) in [6, 6.07) is 12.4. The number of halogens is 2. The first kappa shape index (κ1) is 20.8. The number of anilines is 2. The Morgan fingerprint density at radius 1 is 1.23 bits per heavy atom. The molecule has 1 saturated carbocycles. The van der Waals surface area contributed by atoms with Crippen molar-refractivity contribution in [3.63, 3.8) is 0 Å². The van der Waals surface area contributed by atoms with E-state index in [1.54, 1.807) is 6.07 Å². The highest BCUT2D eigenvalue weighted by atomic mass is 127. The van der Waals surface area contributed by atoms with Crippen LogP contribution in [0.3, 0.4) is 0 Å². The fourth-order valence-corrected chi connectivity index (χ4v) is 3.50. The van der Waals surface area contributed by atoms with E-state index in [-0.39, 0.29) is 11.3 Å². The molecule has 1 aliphatic carbocycles. The summed E-state index contributed by atoms with van der Waals surface area (Å²) in [4.78, 5) is 18.0. The van der Waals surface area contributed by atoms with Gasteiger partial charge in [-0.1, -0.05) is 0 Å². The van der Waals surface area contributed by atoms with Crippen LogP contribution in [0.2, 0.25) is 0 Å². The van der Waals surface area contributed by atoms with Crippen LogP contribution in [0.25, 0.3) is 5.69 Å². The van der Waals surface area contributed by atoms with E-state index in [2.05, 4.69) is 38.5 Å². The molecular weight excluding hydrogens is 498 g/mol. The highest BCUT2D eigenvalue weighted by Gasteiger charge is 2.23. The number of hydrogen-bond donors (Lipinski definition) is 2. The van der Waals surface area contributed by atoms with E-state index in [1.165, 1.54) is 10.7 Å². The third-order valence-electron chi connectivity index (χ3n) is 4.87. The van der Waals surface area contributed by atoms with E-state index in [0.29, 0.717) is 18.2 Å². The first-order valence-corrected chi connectivity index (χ1v) is 10.8. The van der Waals surface area contributed by atoms with Crippen molar-refractivity contribution in [2.24, 2.45) is 5.92 Å². The van der Waals surface area contributed by atoms with E-state index in [9.17, 15) is 4.79 Å². The summed E-state index contributed by atoms with van der Waals surface area (Å²) in [6.07, 6.45) is 2.23. The van der Waals surface area contributed by atoms with Crippen LogP contribution in [-0.2, 0) is 4.84 Å². The third kappa shape index (κ3) is 4.81. The Hall–Kier alpha value is -2.46. The van der Waals surface area contributed by atoms with Crippen molar-refractivity contribution in [2.45, 2.75) is 26.7 Å².